The summed E-state index contributed by atoms with van der Waals surface area (Å²) in [5.74, 6) is 0. The van der Waals surface area contributed by atoms with Gasteiger partial charge in [0, 0.05) is 0 Å². The third-order valence-corrected chi connectivity index (χ3v) is 4.62. The second-order valence-electron chi connectivity index (χ2n) is 5.41. The van der Waals surface area contributed by atoms with Crippen LogP contribution in [0.2, 0.25) is 0 Å². The molecule has 2 aromatic carbocycles. The Morgan fingerprint density at radius 3 is 1.00 bits per heavy atom. The zero-order valence-corrected chi connectivity index (χ0v) is 16.4. The molecule has 0 spiro atoms. The first-order valence-corrected chi connectivity index (χ1v) is 9.24. The summed E-state index contributed by atoms with van der Waals surface area (Å²) in [5, 5.41) is 0. The van der Waals surface area contributed by atoms with Crippen molar-refractivity contribution < 1.29 is 0 Å². The van der Waals surface area contributed by atoms with Gasteiger partial charge in [0.25, 0.3) is 0 Å². The molecule has 0 aliphatic carbocycles. The molecule has 2 nitrogen and oxygen atoms in total. The van der Waals surface area contributed by atoms with Crippen LogP contribution < -0.4 is 7.22 Å². The van der Waals surface area contributed by atoms with Gasteiger partial charge >= 0.3 is 88.8 Å². The molecule has 0 atom stereocenters. The third kappa shape index (κ3) is 15.4. The van der Waals surface area contributed by atoms with Crippen molar-refractivity contribution in [2.75, 3.05) is 42.3 Å². The van der Waals surface area contributed by atoms with E-state index in [1.54, 1.807) is 0 Å². The van der Waals surface area contributed by atoms with Crippen LogP contribution >= 0.6 is 0 Å². The van der Waals surface area contributed by atoms with Gasteiger partial charge in [-0.15, -0.1) is 0 Å². The fraction of sp³-hybridized carbons (Fsp3) is 0.333. The van der Waals surface area contributed by atoms with Crippen LogP contribution in [0.3, 0.4) is 0 Å². The van der Waals surface area contributed by atoms with Crippen molar-refractivity contribution in [3.8, 4) is 0 Å². The van der Waals surface area contributed by atoms with Crippen LogP contribution in [0.25, 0.3) is 0 Å². The number of hydrogen-bond donors (Lipinski definition) is 0. The zero-order chi connectivity index (χ0) is 16.1. The van der Waals surface area contributed by atoms with E-state index in [1.807, 2.05) is 52.1 Å². The van der Waals surface area contributed by atoms with E-state index in [1.165, 1.54) is 7.22 Å². The average Bonchev–Trinajstić information content (AvgIpc) is 2.40. The quantitative estimate of drug-likeness (QED) is 0.709. The van der Waals surface area contributed by atoms with Gasteiger partial charge in [0.15, 0.2) is 0 Å². The van der Waals surface area contributed by atoms with E-state index in [-0.39, 0.29) is 20.9 Å². The predicted molar refractivity (Wildman–Crippen MR) is 97.1 cm³/mol. The normalized spacial score (nSPS) is 9.52. The summed E-state index contributed by atoms with van der Waals surface area (Å²) >= 11 is -0.153. The first-order chi connectivity index (χ1) is 9.91. The van der Waals surface area contributed by atoms with Gasteiger partial charge < -0.3 is 9.80 Å². The van der Waals surface area contributed by atoms with Crippen molar-refractivity contribution in [2.24, 2.45) is 0 Å². The summed E-state index contributed by atoms with van der Waals surface area (Å²) in [7, 11) is 12.0. The summed E-state index contributed by atoms with van der Waals surface area (Å²) < 4.78 is 3.00. The maximum atomic E-state index is 2.22. The van der Waals surface area contributed by atoms with Gasteiger partial charge in [-0.25, -0.2) is 0 Å². The van der Waals surface area contributed by atoms with E-state index >= 15 is 0 Å². The van der Waals surface area contributed by atoms with Crippen LogP contribution in [0, 0.1) is 0 Å². The fourth-order valence-electron chi connectivity index (χ4n) is 1.11. The first-order valence-electron chi connectivity index (χ1n) is 6.91. The molecule has 2 aromatic rings. The number of hydrogen-bond acceptors (Lipinski definition) is 2. The van der Waals surface area contributed by atoms with Crippen LogP contribution in [0.4, 0.5) is 0 Å². The van der Waals surface area contributed by atoms with Crippen molar-refractivity contribution in [2.45, 2.75) is 0 Å². The summed E-state index contributed by atoms with van der Waals surface area (Å²) in [6.45, 7) is 0. The molecule has 0 aliphatic heterocycles. The Morgan fingerprint density at radius 1 is 0.524 bits per heavy atom. The molecular weight excluding hydrogens is 372 g/mol. The molecule has 116 valence electrons. The fourth-order valence-corrected chi connectivity index (χ4v) is 3.56. The molecule has 0 heterocycles. The molecule has 21 heavy (non-hydrogen) atoms. The Hall–Kier alpha value is -0.850. The van der Waals surface area contributed by atoms with Crippen molar-refractivity contribution >= 4 is 28.1 Å². The van der Waals surface area contributed by atoms with Gasteiger partial charge in [0.1, 0.15) is 0 Å². The number of nitrogens with zero attached hydrogens (tertiary/aromatic N) is 2. The van der Waals surface area contributed by atoms with Gasteiger partial charge in [-0.2, -0.15) is 0 Å². The molecule has 0 fully saturated rings. The van der Waals surface area contributed by atoms with Crippen molar-refractivity contribution in [3.63, 3.8) is 0 Å². The summed E-state index contributed by atoms with van der Waals surface area (Å²) in [6.07, 6.45) is 0. The molecule has 0 saturated carbocycles. The number of benzene rings is 2. The van der Waals surface area contributed by atoms with E-state index in [2.05, 4.69) is 60.7 Å². The summed E-state index contributed by atoms with van der Waals surface area (Å²) in [4.78, 5) is 4.00. The summed E-state index contributed by atoms with van der Waals surface area (Å²) in [6, 6.07) is 21.5. The second-order valence-corrected chi connectivity index (χ2v) is 8.68. The predicted octanol–water partition coefficient (Wildman–Crippen LogP) is 1.70. The molecule has 0 saturated heterocycles. The van der Waals surface area contributed by atoms with Crippen LogP contribution in [0.15, 0.2) is 60.7 Å². The average molecular weight is 400 g/mol. The van der Waals surface area contributed by atoms with Crippen molar-refractivity contribution in [1.82, 2.24) is 9.80 Å². The molecule has 0 radical (unpaired) electrons. The topological polar surface area (TPSA) is 6.48 Å². The first kappa shape index (κ1) is 20.1. The monoisotopic (exact) mass is 402 g/mol. The Bertz CT molecular complexity index is 392. The van der Waals surface area contributed by atoms with E-state index in [9.17, 15) is 0 Å². The molecule has 0 amide bonds. The van der Waals surface area contributed by atoms with Gasteiger partial charge in [0.05, 0.1) is 0 Å². The van der Waals surface area contributed by atoms with Gasteiger partial charge in [0.2, 0.25) is 0 Å². The Kier molecular flexibility index (Phi) is 12.3. The molecular formula is C18H28N2Te. The Labute approximate surface area is 140 Å². The van der Waals surface area contributed by atoms with E-state index in [0.29, 0.717) is 0 Å². The maximum absolute atomic E-state index is 2.22. The van der Waals surface area contributed by atoms with Crippen LogP contribution in [-0.4, -0.2) is 73.0 Å². The van der Waals surface area contributed by atoms with Gasteiger partial charge in [-0.05, 0) is 42.3 Å². The Morgan fingerprint density at radius 2 is 0.762 bits per heavy atom. The standard InChI is InChI=1S/C12H10Te.2C3H9N/c1-3-7-11(8-4-1)13-12-9-5-2-6-10-12;2*1-4(2)3/h1-10H;2*1-3H3. The van der Waals surface area contributed by atoms with Gasteiger partial charge in [-0.1, -0.05) is 0 Å². The Balaban J connectivity index is 0.000000421. The molecule has 0 aromatic heterocycles. The van der Waals surface area contributed by atoms with Crippen LogP contribution in [0.5, 0.6) is 0 Å². The third-order valence-electron chi connectivity index (χ3n) is 1.72. The number of rotatable bonds is 2. The van der Waals surface area contributed by atoms with Crippen LogP contribution in [0.1, 0.15) is 0 Å². The van der Waals surface area contributed by atoms with Crippen molar-refractivity contribution in [3.05, 3.63) is 60.7 Å². The molecule has 0 aliphatic rings. The molecule has 3 heteroatoms. The van der Waals surface area contributed by atoms with E-state index < -0.39 is 0 Å². The SMILES string of the molecule is CN(C)C.CN(C)C.c1ccc([Te]c2ccccc2)cc1. The summed E-state index contributed by atoms with van der Waals surface area (Å²) in [5.41, 5.74) is 0. The van der Waals surface area contributed by atoms with E-state index in [4.69, 9.17) is 0 Å². The van der Waals surface area contributed by atoms with Crippen LogP contribution in [-0.2, 0) is 0 Å². The zero-order valence-electron chi connectivity index (χ0n) is 14.1. The second kappa shape index (κ2) is 12.9. The minimum absolute atomic E-state index is 0.153. The van der Waals surface area contributed by atoms with Crippen molar-refractivity contribution in [1.29, 1.82) is 0 Å². The minimum atomic E-state index is -0.153. The molecule has 0 unspecified atom stereocenters. The van der Waals surface area contributed by atoms with Gasteiger partial charge in [-0.3, -0.25) is 0 Å². The molecule has 0 bridgehead atoms. The molecule has 2 rings (SSSR count). The van der Waals surface area contributed by atoms with E-state index in [0.717, 1.165) is 0 Å². The molecule has 0 N–H and O–H groups in total.